The van der Waals surface area contributed by atoms with Crippen molar-refractivity contribution in [1.29, 1.82) is 0 Å². The molecule has 3 atom stereocenters. The third kappa shape index (κ3) is 3.33. The number of morpholine rings is 1. The van der Waals surface area contributed by atoms with E-state index in [9.17, 15) is 4.79 Å². The fourth-order valence-electron chi connectivity index (χ4n) is 3.46. The standard InChI is InChI=1S/C16H25N3O3/c1-3-12-9-13(22-18-12)10-19(2)16(20)11-4-5-15-14(8-11)17-6-7-21-15/h9,11,14-15,17H,3-8,10H2,1-2H3/t11-,14+,15+/m0/s1. The summed E-state index contributed by atoms with van der Waals surface area (Å²) < 4.78 is 11.0. The minimum Gasteiger partial charge on any atom is -0.375 e. The SMILES string of the molecule is CCc1cc(CN(C)C(=O)[C@H]2CC[C@H]3OCCN[C@@H]3C2)on1. The molecule has 0 radical (unpaired) electrons. The van der Waals surface area contributed by atoms with Crippen LogP contribution in [-0.4, -0.2) is 48.3 Å². The van der Waals surface area contributed by atoms with Gasteiger partial charge >= 0.3 is 0 Å². The average Bonchev–Trinajstić information content (AvgIpc) is 3.01. The van der Waals surface area contributed by atoms with E-state index in [1.54, 1.807) is 4.90 Å². The van der Waals surface area contributed by atoms with Gasteiger partial charge in [-0.05, 0) is 25.7 Å². The van der Waals surface area contributed by atoms with Crippen molar-refractivity contribution < 1.29 is 14.1 Å². The van der Waals surface area contributed by atoms with Gasteiger partial charge in [0.2, 0.25) is 5.91 Å². The van der Waals surface area contributed by atoms with Crippen molar-refractivity contribution in [2.75, 3.05) is 20.2 Å². The Hall–Kier alpha value is -1.40. The van der Waals surface area contributed by atoms with Crippen molar-refractivity contribution in [3.63, 3.8) is 0 Å². The number of fused-ring (bicyclic) bond motifs is 1. The zero-order valence-electron chi connectivity index (χ0n) is 13.4. The molecule has 1 aromatic heterocycles. The molecule has 122 valence electrons. The smallest absolute Gasteiger partial charge is 0.225 e. The minimum atomic E-state index is 0.0778. The topological polar surface area (TPSA) is 67.6 Å². The lowest BCUT2D eigenvalue weighted by atomic mass is 9.82. The van der Waals surface area contributed by atoms with Gasteiger partial charge in [0.05, 0.1) is 24.9 Å². The van der Waals surface area contributed by atoms with Crippen LogP contribution in [0.3, 0.4) is 0 Å². The molecule has 2 heterocycles. The van der Waals surface area contributed by atoms with Gasteiger partial charge in [0, 0.05) is 31.6 Å². The van der Waals surface area contributed by atoms with E-state index in [1.165, 1.54) is 0 Å². The Bertz CT molecular complexity index is 516. The molecule has 22 heavy (non-hydrogen) atoms. The maximum absolute atomic E-state index is 12.6. The average molecular weight is 307 g/mol. The number of carbonyl (C=O) groups excluding carboxylic acids is 1. The van der Waals surface area contributed by atoms with Gasteiger partial charge in [-0.3, -0.25) is 4.79 Å². The van der Waals surface area contributed by atoms with E-state index in [-0.39, 0.29) is 17.9 Å². The molecule has 2 aliphatic rings. The summed E-state index contributed by atoms with van der Waals surface area (Å²) in [6.07, 6.45) is 3.86. The second kappa shape index (κ2) is 6.79. The summed E-state index contributed by atoms with van der Waals surface area (Å²) in [5, 5.41) is 7.46. The highest BCUT2D eigenvalue weighted by Crippen LogP contribution is 2.29. The van der Waals surface area contributed by atoms with Gasteiger partial charge in [0.25, 0.3) is 0 Å². The normalized spacial score (nSPS) is 28.2. The van der Waals surface area contributed by atoms with Crippen molar-refractivity contribution in [3.8, 4) is 0 Å². The molecular weight excluding hydrogens is 282 g/mol. The molecule has 6 heteroatoms. The first-order valence-electron chi connectivity index (χ1n) is 8.21. The van der Waals surface area contributed by atoms with Gasteiger partial charge in [0.1, 0.15) is 0 Å². The van der Waals surface area contributed by atoms with Gasteiger partial charge in [-0.25, -0.2) is 0 Å². The Balaban J connectivity index is 1.56. The summed E-state index contributed by atoms with van der Waals surface area (Å²) in [7, 11) is 1.84. The summed E-state index contributed by atoms with van der Waals surface area (Å²) in [4.78, 5) is 14.4. The molecule has 1 N–H and O–H groups in total. The Labute approximate surface area is 131 Å². The first kappa shape index (κ1) is 15.5. The highest BCUT2D eigenvalue weighted by atomic mass is 16.5. The molecule has 0 spiro atoms. The summed E-state index contributed by atoms with van der Waals surface area (Å²) in [5.41, 5.74) is 0.930. The quantitative estimate of drug-likeness (QED) is 0.909. The number of hydrogen-bond acceptors (Lipinski definition) is 5. The summed E-state index contributed by atoms with van der Waals surface area (Å²) in [5.74, 6) is 1.02. The van der Waals surface area contributed by atoms with Gasteiger partial charge < -0.3 is 19.5 Å². The number of carbonyl (C=O) groups is 1. The maximum atomic E-state index is 12.6. The summed E-state index contributed by atoms with van der Waals surface area (Å²) in [6, 6.07) is 2.25. The molecular formula is C16H25N3O3. The Morgan fingerprint density at radius 2 is 2.36 bits per heavy atom. The lowest BCUT2D eigenvalue weighted by molar-refractivity contribution is -0.138. The van der Waals surface area contributed by atoms with E-state index >= 15 is 0 Å². The largest absolute Gasteiger partial charge is 0.375 e. The van der Waals surface area contributed by atoms with E-state index < -0.39 is 0 Å². The fourth-order valence-corrected chi connectivity index (χ4v) is 3.46. The van der Waals surface area contributed by atoms with E-state index in [0.717, 1.165) is 50.3 Å². The number of aromatic nitrogens is 1. The van der Waals surface area contributed by atoms with Crippen molar-refractivity contribution in [2.45, 2.75) is 51.3 Å². The lowest BCUT2D eigenvalue weighted by Crippen LogP contribution is -2.53. The molecule has 3 rings (SSSR count). The summed E-state index contributed by atoms with van der Waals surface area (Å²) >= 11 is 0. The molecule has 0 aromatic carbocycles. The monoisotopic (exact) mass is 307 g/mol. The molecule has 1 amide bonds. The fraction of sp³-hybridized carbons (Fsp3) is 0.750. The Morgan fingerprint density at radius 3 is 3.14 bits per heavy atom. The predicted molar refractivity (Wildman–Crippen MR) is 81.2 cm³/mol. The van der Waals surface area contributed by atoms with Crippen LogP contribution in [0.25, 0.3) is 0 Å². The Kier molecular flexibility index (Phi) is 4.78. The summed E-state index contributed by atoms with van der Waals surface area (Å²) in [6.45, 7) is 4.19. The number of ether oxygens (including phenoxy) is 1. The van der Waals surface area contributed by atoms with Crippen molar-refractivity contribution >= 4 is 5.91 Å². The van der Waals surface area contributed by atoms with Crippen LogP contribution in [0.2, 0.25) is 0 Å². The molecule has 0 bridgehead atoms. The van der Waals surface area contributed by atoms with Crippen molar-refractivity contribution in [3.05, 3.63) is 17.5 Å². The van der Waals surface area contributed by atoms with Gasteiger partial charge in [-0.15, -0.1) is 0 Å². The highest BCUT2D eigenvalue weighted by molar-refractivity contribution is 5.78. The second-order valence-electron chi connectivity index (χ2n) is 6.31. The van der Waals surface area contributed by atoms with E-state index in [0.29, 0.717) is 12.6 Å². The number of amides is 1. The maximum Gasteiger partial charge on any atom is 0.225 e. The van der Waals surface area contributed by atoms with E-state index in [1.807, 2.05) is 20.0 Å². The van der Waals surface area contributed by atoms with Gasteiger partial charge in [-0.2, -0.15) is 0 Å². The first-order valence-corrected chi connectivity index (χ1v) is 8.21. The predicted octanol–water partition coefficient (Wildman–Crippen LogP) is 1.35. The van der Waals surface area contributed by atoms with Crippen molar-refractivity contribution in [2.24, 2.45) is 5.92 Å². The molecule has 1 aliphatic heterocycles. The van der Waals surface area contributed by atoms with Crippen LogP contribution in [0.4, 0.5) is 0 Å². The second-order valence-corrected chi connectivity index (χ2v) is 6.31. The van der Waals surface area contributed by atoms with Crippen LogP contribution < -0.4 is 5.32 Å². The van der Waals surface area contributed by atoms with E-state index in [2.05, 4.69) is 10.5 Å². The Morgan fingerprint density at radius 1 is 1.50 bits per heavy atom. The van der Waals surface area contributed by atoms with Crippen LogP contribution in [0.1, 0.15) is 37.6 Å². The zero-order chi connectivity index (χ0) is 15.5. The third-order valence-electron chi connectivity index (χ3n) is 4.72. The highest BCUT2D eigenvalue weighted by Gasteiger charge is 2.36. The van der Waals surface area contributed by atoms with Crippen molar-refractivity contribution in [1.82, 2.24) is 15.4 Å². The van der Waals surface area contributed by atoms with E-state index in [4.69, 9.17) is 9.26 Å². The molecule has 2 fully saturated rings. The number of nitrogens with zero attached hydrogens (tertiary/aromatic N) is 2. The minimum absolute atomic E-state index is 0.0778. The molecule has 1 aliphatic carbocycles. The van der Waals surface area contributed by atoms with Crippen LogP contribution in [0.5, 0.6) is 0 Å². The van der Waals surface area contributed by atoms with Crippen LogP contribution >= 0.6 is 0 Å². The molecule has 1 saturated heterocycles. The molecule has 6 nitrogen and oxygen atoms in total. The molecule has 1 aromatic rings. The zero-order valence-corrected chi connectivity index (χ0v) is 13.4. The first-order chi connectivity index (χ1) is 10.7. The van der Waals surface area contributed by atoms with Crippen LogP contribution in [0, 0.1) is 5.92 Å². The van der Waals surface area contributed by atoms with Gasteiger partial charge in [-0.1, -0.05) is 12.1 Å². The number of nitrogens with one attached hydrogen (secondary N) is 1. The third-order valence-corrected chi connectivity index (χ3v) is 4.72. The molecule has 1 saturated carbocycles. The number of hydrogen-bond donors (Lipinski definition) is 1. The molecule has 0 unspecified atom stereocenters. The van der Waals surface area contributed by atoms with Gasteiger partial charge in [0.15, 0.2) is 5.76 Å². The lowest BCUT2D eigenvalue weighted by Gasteiger charge is -2.40. The number of rotatable bonds is 4. The van der Waals surface area contributed by atoms with Crippen LogP contribution in [-0.2, 0) is 22.5 Å². The van der Waals surface area contributed by atoms with Crippen LogP contribution in [0.15, 0.2) is 10.6 Å². The number of aryl methyl sites for hydroxylation is 1.